The molecule has 1 amide bonds. The third-order valence-electron chi connectivity index (χ3n) is 5.27. The molecule has 0 aromatic heterocycles. The van der Waals surface area contributed by atoms with Crippen molar-refractivity contribution >= 4 is 35.6 Å². The molecular weight excluding hydrogens is 419 g/mol. The summed E-state index contributed by atoms with van der Waals surface area (Å²) in [4.78, 5) is 16.8. The number of nitrogens with zero attached hydrogens (tertiary/aromatic N) is 3. The summed E-state index contributed by atoms with van der Waals surface area (Å²) < 4.78 is 0. The van der Waals surface area contributed by atoms with Crippen molar-refractivity contribution in [1.29, 1.82) is 5.26 Å². The van der Waals surface area contributed by atoms with Gasteiger partial charge < -0.3 is 15.1 Å². The van der Waals surface area contributed by atoms with Crippen LogP contribution in [0, 0.1) is 25.2 Å². The van der Waals surface area contributed by atoms with Gasteiger partial charge in [0, 0.05) is 49.6 Å². The number of hydrogen-bond acceptors (Lipinski definition) is 4. The van der Waals surface area contributed by atoms with Crippen LogP contribution in [0.5, 0.6) is 0 Å². The molecule has 1 fully saturated rings. The highest BCUT2D eigenvalue weighted by atomic mass is 35.5. The Bertz CT molecular complexity index is 943. The highest BCUT2D eigenvalue weighted by Gasteiger charge is 2.19. The van der Waals surface area contributed by atoms with Crippen LogP contribution in [0.15, 0.2) is 54.2 Å². The molecule has 1 saturated heterocycles. The SMILES string of the molecule is Cc1cccc(N2CCN(/C=C(/C#N)C(=O)NCc3ccc(Cl)cc3)CC2)c1C.Cl. The fraction of sp³-hybridized carbons (Fsp3) is 0.304. The number of carbonyl (C=O) groups excluding carboxylic acids is 1. The fourth-order valence-corrected chi connectivity index (χ4v) is 3.50. The van der Waals surface area contributed by atoms with E-state index in [0.717, 1.165) is 31.7 Å². The molecular formula is C23H26Cl2N4O. The summed E-state index contributed by atoms with van der Waals surface area (Å²) in [6, 6.07) is 15.6. The van der Waals surface area contributed by atoms with Gasteiger partial charge in [0.1, 0.15) is 11.6 Å². The summed E-state index contributed by atoms with van der Waals surface area (Å²) >= 11 is 5.87. The van der Waals surface area contributed by atoms with Gasteiger partial charge in [0.05, 0.1) is 0 Å². The summed E-state index contributed by atoms with van der Waals surface area (Å²) in [5, 5.41) is 12.9. The van der Waals surface area contributed by atoms with E-state index >= 15 is 0 Å². The molecule has 0 radical (unpaired) electrons. The number of nitrogens with one attached hydrogen (secondary N) is 1. The van der Waals surface area contributed by atoms with Gasteiger partial charge in [-0.2, -0.15) is 5.26 Å². The molecule has 2 aromatic carbocycles. The maximum Gasteiger partial charge on any atom is 0.263 e. The molecule has 1 aliphatic rings. The quantitative estimate of drug-likeness (QED) is 0.553. The van der Waals surface area contributed by atoms with Crippen molar-refractivity contribution in [2.75, 3.05) is 31.1 Å². The zero-order chi connectivity index (χ0) is 20.8. The molecule has 158 valence electrons. The summed E-state index contributed by atoms with van der Waals surface area (Å²) in [6.45, 7) is 7.87. The third-order valence-corrected chi connectivity index (χ3v) is 5.53. The molecule has 0 aliphatic carbocycles. The molecule has 3 rings (SSSR count). The monoisotopic (exact) mass is 444 g/mol. The van der Waals surface area contributed by atoms with Crippen molar-refractivity contribution in [3.05, 3.63) is 76.0 Å². The molecule has 1 aliphatic heterocycles. The first-order valence-corrected chi connectivity index (χ1v) is 10.1. The Morgan fingerprint density at radius 3 is 2.43 bits per heavy atom. The van der Waals surface area contributed by atoms with E-state index in [1.165, 1.54) is 16.8 Å². The van der Waals surface area contributed by atoms with Gasteiger partial charge in [-0.25, -0.2) is 0 Å². The van der Waals surface area contributed by atoms with Crippen LogP contribution in [0.1, 0.15) is 16.7 Å². The molecule has 0 unspecified atom stereocenters. The molecule has 7 heteroatoms. The first-order valence-electron chi connectivity index (χ1n) is 9.67. The lowest BCUT2D eigenvalue weighted by Gasteiger charge is -2.36. The Balaban J connectivity index is 0.00000320. The summed E-state index contributed by atoms with van der Waals surface area (Å²) in [5.41, 5.74) is 4.90. The summed E-state index contributed by atoms with van der Waals surface area (Å²) in [7, 11) is 0. The average Bonchev–Trinajstić information content (AvgIpc) is 2.74. The number of carbonyl (C=O) groups is 1. The van der Waals surface area contributed by atoms with Crippen LogP contribution in [0.4, 0.5) is 5.69 Å². The molecule has 1 N–H and O–H groups in total. The molecule has 0 saturated carbocycles. The number of aryl methyl sites for hydroxylation is 1. The minimum Gasteiger partial charge on any atom is -0.373 e. The van der Waals surface area contributed by atoms with Gasteiger partial charge in [-0.15, -0.1) is 12.4 Å². The van der Waals surface area contributed by atoms with Crippen molar-refractivity contribution in [1.82, 2.24) is 10.2 Å². The van der Waals surface area contributed by atoms with Crippen molar-refractivity contribution in [3.8, 4) is 6.07 Å². The standard InChI is InChI=1S/C23H25ClN4O.ClH/c1-17-4-3-5-22(18(17)2)28-12-10-27(11-13-28)16-20(14-25)23(29)26-15-19-6-8-21(24)9-7-19;/h3-9,16H,10-13,15H2,1-2H3,(H,26,29);1H/b20-16-;. The molecule has 5 nitrogen and oxygen atoms in total. The number of nitriles is 1. The van der Waals surface area contributed by atoms with Gasteiger partial charge in [0.15, 0.2) is 0 Å². The number of hydrogen-bond donors (Lipinski definition) is 1. The van der Waals surface area contributed by atoms with E-state index in [1.54, 1.807) is 18.3 Å². The van der Waals surface area contributed by atoms with Crippen LogP contribution in [0.25, 0.3) is 0 Å². The second kappa shape index (κ2) is 10.9. The van der Waals surface area contributed by atoms with Gasteiger partial charge in [-0.1, -0.05) is 35.9 Å². The van der Waals surface area contributed by atoms with Gasteiger partial charge in [0.2, 0.25) is 0 Å². The van der Waals surface area contributed by atoms with Crippen molar-refractivity contribution in [2.45, 2.75) is 20.4 Å². The van der Waals surface area contributed by atoms with E-state index in [1.807, 2.05) is 23.1 Å². The Morgan fingerprint density at radius 2 is 1.80 bits per heavy atom. The lowest BCUT2D eigenvalue weighted by atomic mass is 10.1. The van der Waals surface area contributed by atoms with E-state index < -0.39 is 0 Å². The van der Waals surface area contributed by atoms with Crippen LogP contribution in [-0.4, -0.2) is 37.0 Å². The molecule has 0 bridgehead atoms. The summed E-state index contributed by atoms with van der Waals surface area (Å²) in [5.74, 6) is -0.362. The Labute approximate surface area is 189 Å². The number of piperazine rings is 1. The van der Waals surface area contributed by atoms with E-state index in [9.17, 15) is 10.1 Å². The first kappa shape index (κ1) is 23.6. The molecule has 2 aromatic rings. The topological polar surface area (TPSA) is 59.4 Å². The average molecular weight is 445 g/mol. The van der Waals surface area contributed by atoms with Gasteiger partial charge in [-0.3, -0.25) is 4.79 Å². The smallest absolute Gasteiger partial charge is 0.263 e. The zero-order valence-electron chi connectivity index (χ0n) is 17.2. The summed E-state index contributed by atoms with van der Waals surface area (Å²) in [6.07, 6.45) is 1.68. The first-order chi connectivity index (χ1) is 14.0. The maximum atomic E-state index is 12.4. The maximum absolute atomic E-state index is 12.4. The lowest BCUT2D eigenvalue weighted by molar-refractivity contribution is -0.117. The predicted molar refractivity (Wildman–Crippen MR) is 124 cm³/mol. The second-order valence-electron chi connectivity index (χ2n) is 7.21. The largest absolute Gasteiger partial charge is 0.373 e. The Morgan fingerprint density at radius 1 is 1.13 bits per heavy atom. The third kappa shape index (κ3) is 5.91. The number of amides is 1. The molecule has 30 heavy (non-hydrogen) atoms. The van der Waals surface area contributed by atoms with Crippen molar-refractivity contribution in [3.63, 3.8) is 0 Å². The molecule has 0 atom stereocenters. The zero-order valence-corrected chi connectivity index (χ0v) is 18.8. The van der Waals surface area contributed by atoms with E-state index in [2.05, 4.69) is 42.3 Å². The van der Waals surface area contributed by atoms with E-state index in [0.29, 0.717) is 11.6 Å². The minimum atomic E-state index is -0.362. The Hall–Kier alpha value is -2.68. The van der Waals surface area contributed by atoms with Gasteiger partial charge in [-0.05, 0) is 48.7 Å². The van der Waals surface area contributed by atoms with Crippen LogP contribution in [-0.2, 0) is 11.3 Å². The number of halogens is 2. The second-order valence-corrected chi connectivity index (χ2v) is 7.64. The molecule has 0 spiro atoms. The predicted octanol–water partition coefficient (Wildman–Crippen LogP) is 4.22. The van der Waals surface area contributed by atoms with Crippen LogP contribution >= 0.6 is 24.0 Å². The van der Waals surface area contributed by atoms with Crippen LogP contribution < -0.4 is 10.2 Å². The number of rotatable bonds is 5. The van der Waals surface area contributed by atoms with Crippen LogP contribution in [0.3, 0.4) is 0 Å². The highest BCUT2D eigenvalue weighted by molar-refractivity contribution is 6.30. The van der Waals surface area contributed by atoms with E-state index in [-0.39, 0.29) is 23.9 Å². The number of benzene rings is 2. The minimum absolute atomic E-state index is 0. The van der Waals surface area contributed by atoms with Crippen molar-refractivity contribution < 1.29 is 4.79 Å². The van der Waals surface area contributed by atoms with E-state index in [4.69, 9.17) is 11.6 Å². The van der Waals surface area contributed by atoms with Gasteiger partial charge in [0.25, 0.3) is 5.91 Å². The Kier molecular flexibility index (Phi) is 8.58. The highest BCUT2D eigenvalue weighted by Crippen LogP contribution is 2.24. The van der Waals surface area contributed by atoms with Crippen LogP contribution in [0.2, 0.25) is 5.02 Å². The lowest BCUT2D eigenvalue weighted by Crippen LogP contribution is -2.44. The van der Waals surface area contributed by atoms with Crippen molar-refractivity contribution in [2.24, 2.45) is 0 Å². The fourth-order valence-electron chi connectivity index (χ4n) is 3.37. The normalized spacial score (nSPS) is 14.0. The van der Waals surface area contributed by atoms with Gasteiger partial charge >= 0.3 is 0 Å². The molecule has 1 heterocycles. The number of anilines is 1.